The van der Waals surface area contributed by atoms with E-state index in [1.165, 1.54) is 4.90 Å². The molecule has 0 saturated carbocycles. The second kappa shape index (κ2) is 7.90. The molecule has 0 aliphatic carbocycles. The lowest BCUT2D eigenvalue weighted by Gasteiger charge is -2.25. The summed E-state index contributed by atoms with van der Waals surface area (Å²) in [5, 5.41) is 11.4. The second-order valence-electron chi connectivity index (χ2n) is 6.74. The van der Waals surface area contributed by atoms with Gasteiger partial charge in [0.1, 0.15) is 5.76 Å². The van der Waals surface area contributed by atoms with Gasteiger partial charge in [-0.05, 0) is 42.0 Å². The maximum Gasteiger partial charge on any atom is 0.295 e. The van der Waals surface area contributed by atoms with E-state index in [-0.39, 0.29) is 11.3 Å². The van der Waals surface area contributed by atoms with Crippen LogP contribution in [0.3, 0.4) is 0 Å². The number of nitrogens with zero attached hydrogens (tertiary/aromatic N) is 2. The number of amides is 1. The van der Waals surface area contributed by atoms with Crippen LogP contribution in [0.25, 0.3) is 5.76 Å². The maximum atomic E-state index is 12.8. The summed E-state index contributed by atoms with van der Waals surface area (Å²) in [4.78, 5) is 32.1. The lowest BCUT2D eigenvalue weighted by Crippen LogP contribution is -3.06. The Hall–Kier alpha value is -2.70. The molecule has 1 aromatic heterocycles. The second-order valence-corrected chi connectivity index (χ2v) is 7.17. The van der Waals surface area contributed by atoms with Crippen LogP contribution in [-0.4, -0.2) is 53.9 Å². The van der Waals surface area contributed by atoms with Gasteiger partial charge in [-0.1, -0.05) is 11.6 Å². The summed E-state index contributed by atoms with van der Waals surface area (Å²) in [6.45, 7) is 1.08. The fourth-order valence-corrected chi connectivity index (χ4v) is 3.24. The Balaban J connectivity index is 2.12. The highest BCUT2D eigenvalue weighted by Crippen LogP contribution is 2.38. The van der Waals surface area contributed by atoms with Crippen LogP contribution in [0, 0.1) is 0 Å². The van der Waals surface area contributed by atoms with Crippen molar-refractivity contribution in [3.63, 3.8) is 0 Å². The summed E-state index contributed by atoms with van der Waals surface area (Å²) >= 11 is 5.91. The molecule has 0 radical (unpaired) electrons. The zero-order valence-corrected chi connectivity index (χ0v) is 15.9. The van der Waals surface area contributed by atoms with Crippen LogP contribution in [0.15, 0.2) is 54.4 Å². The van der Waals surface area contributed by atoms with Crippen LogP contribution in [0.5, 0.6) is 0 Å². The quantitative estimate of drug-likeness (QED) is 0.461. The molecule has 2 heterocycles. The molecule has 1 aliphatic rings. The number of ketones is 1. The van der Waals surface area contributed by atoms with E-state index in [0.717, 1.165) is 10.5 Å². The Labute approximate surface area is 162 Å². The first kappa shape index (κ1) is 19.1. The normalized spacial score (nSPS) is 19.1. The first-order valence-electron chi connectivity index (χ1n) is 8.63. The number of likely N-dealkylation sites (tertiary alicyclic amines) is 1. The van der Waals surface area contributed by atoms with Crippen molar-refractivity contribution in [2.24, 2.45) is 0 Å². The molecular formula is C20H21ClN3O3+. The average Bonchev–Trinajstić information content (AvgIpc) is 2.91. The molecule has 6 nitrogen and oxygen atoms in total. The van der Waals surface area contributed by atoms with Gasteiger partial charge >= 0.3 is 0 Å². The molecule has 7 heteroatoms. The van der Waals surface area contributed by atoms with Gasteiger partial charge in [0.25, 0.3) is 11.7 Å². The highest BCUT2D eigenvalue weighted by molar-refractivity contribution is 6.46. The number of likely N-dealkylation sites (N-methyl/N-ethyl adjacent to an activating group) is 1. The van der Waals surface area contributed by atoms with Crippen LogP contribution in [0.4, 0.5) is 0 Å². The zero-order valence-electron chi connectivity index (χ0n) is 15.1. The minimum Gasteiger partial charge on any atom is -0.507 e. The molecule has 1 aromatic carbocycles. The molecule has 1 atom stereocenters. The number of aliphatic hydroxyl groups excluding tert-OH is 1. The van der Waals surface area contributed by atoms with Gasteiger partial charge in [-0.2, -0.15) is 0 Å². The van der Waals surface area contributed by atoms with Crippen molar-refractivity contribution in [1.29, 1.82) is 0 Å². The first-order chi connectivity index (χ1) is 12.9. The SMILES string of the molecule is C[NH+](C)CCN1C(=O)C(=O)C(=C(O)c2ccc(Cl)cc2)[C@@H]1c1ccncc1. The number of quaternary nitrogens is 1. The van der Waals surface area contributed by atoms with E-state index >= 15 is 0 Å². The highest BCUT2D eigenvalue weighted by Gasteiger charge is 2.46. The first-order valence-corrected chi connectivity index (χ1v) is 9.01. The third-order valence-electron chi connectivity index (χ3n) is 4.53. The van der Waals surface area contributed by atoms with Gasteiger partial charge in [0.15, 0.2) is 0 Å². The molecule has 1 amide bonds. The van der Waals surface area contributed by atoms with Crippen LogP contribution in [0.2, 0.25) is 5.02 Å². The predicted molar refractivity (Wildman–Crippen MR) is 102 cm³/mol. The smallest absolute Gasteiger partial charge is 0.295 e. The largest absolute Gasteiger partial charge is 0.507 e. The summed E-state index contributed by atoms with van der Waals surface area (Å²) < 4.78 is 0. The molecule has 1 saturated heterocycles. The number of carbonyl (C=O) groups is 2. The number of Topliss-reactive ketones (excluding diaryl/α,β-unsaturated/α-hetero) is 1. The predicted octanol–water partition coefficient (Wildman–Crippen LogP) is 1.30. The Kier molecular flexibility index (Phi) is 5.58. The van der Waals surface area contributed by atoms with Crippen molar-refractivity contribution in [2.75, 3.05) is 27.2 Å². The topological polar surface area (TPSA) is 74.9 Å². The Morgan fingerprint density at radius 1 is 1.15 bits per heavy atom. The fraction of sp³-hybridized carbons (Fsp3) is 0.250. The van der Waals surface area contributed by atoms with Crippen molar-refractivity contribution >= 4 is 29.1 Å². The molecule has 0 spiro atoms. The van der Waals surface area contributed by atoms with E-state index in [4.69, 9.17) is 11.6 Å². The number of nitrogens with one attached hydrogen (secondary N) is 1. The van der Waals surface area contributed by atoms with E-state index in [0.29, 0.717) is 23.7 Å². The van der Waals surface area contributed by atoms with Gasteiger partial charge < -0.3 is 14.9 Å². The van der Waals surface area contributed by atoms with Crippen LogP contribution in [-0.2, 0) is 9.59 Å². The van der Waals surface area contributed by atoms with Crippen LogP contribution >= 0.6 is 11.6 Å². The van der Waals surface area contributed by atoms with E-state index in [9.17, 15) is 14.7 Å². The van der Waals surface area contributed by atoms with E-state index in [2.05, 4.69) is 4.98 Å². The lowest BCUT2D eigenvalue weighted by atomic mass is 9.96. The van der Waals surface area contributed by atoms with Gasteiger partial charge in [0, 0.05) is 23.0 Å². The third kappa shape index (κ3) is 3.86. The molecule has 2 aromatic rings. The van der Waals surface area contributed by atoms with Gasteiger partial charge in [-0.15, -0.1) is 0 Å². The summed E-state index contributed by atoms with van der Waals surface area (Å²) in [5.74, 6) is -1.49. The number of carbonyl (C=O) groups excluding carboxylic acids is 2. The molecule has 27 heavy (non-hydrogen) atoms. The highest BCUT2D eigenvalue weighted by atomic mass is 35.5. The number of aromatic nitrogens is 1. The van der Waals surface area contributed by atoms with Crippen molar-refractivity contribution < 1.29 is 19.6 Å². The number of pyridine rings is 1. The van der Waals surface area contributed by atoms with E-state index in [1.54, 1.807) is 48.8 Å². The molecule has 1 aliphatic heterocycles. The Morgan fingerprint density at radius 3 is 2.37 bits per heavy atom. The molecule has 140 valence electrons. The minimum absolute atomic E-state index is 0.0854. The summed E-state index contributed by atoms with van der Waals surface area (Å²) in [6, 6.07) is 9.36. The van der Waals surface area contributed by atoms with Gasteiger partial charge in [0.2, 0.25) is 0 Å². The molecular weight excluding hydrogens is 366 g/mol. The molecule has 2 N–H and O–H groups in total. The van der Waals surface area contributed by atoms with Gasteiger partial charge in [-0.3, -0.25) is 14.6 Å². The van der Waals surface area contributed by atoms with Crippen LogP contribution in [0.1, 0.15) is 17.2 Å². The van der Waals surface area contributed by atoms with Crippen molar-refractivity contribution in [3.8, 4) is 0 Å². The van der Waals surface area contributed by atoms with Crippen molar-refractivity contribution in [2.45, 2.75) is 6.04 Å². The van der Waals surface area contributed by atoms with Gasteiger partial charge in [-0.25, -0.2) is 0 Å². The van der Waals surface area contributed by atoms with Crippen molar-refractivity contribution in [1.82, 2.24) is 9.88 Å². The summed E-state index contributed by atoms with van der Waals surface area (Å²) in [6.07, 6.45) is 3.21. The Morgan fingerprint density at radius 2 is 1.78 bits per heavy atom. The maximum absolute atomic E-state index is 12.8. The third-order valence-corrected chi connectivity index (χ3v) is 4.78. The molecule has 3 rings (SSSR count). The molecule has 0 bridgehead atoms. The van der Waals surface area contributed by atoms with Crippen LogP contribution < -0.4 is 4.90 Å². The standard InChI is InChI=1S/C20H20ClN3O3/c1-23(2)11-12-24-17(13-7-9-22-10-8-13)16(19(26)20(24)27)18(25)14-3-5-15(21)6-4-14/h3-10,17,25H,11-12H2,1-2H3/p+1/t17-/m0/s1. The zero-order chi connectivity index (χ0) is 19.6. The number of hydrogen-bond donors (Lipinski definition) is 2. The number of benzene rings is 1. The number of hydrogen-bond acceptors (Lipinski definition) is 4. The lowest BCUT2D eigenvalue weighted by molar-refractivity contribution is -0.857. The monoisotopic (exact) mass is 386 g/mol. The average molecular weight is 387 g/mol. The summed E-state index contributed by atoms with van der Waals surface area (Å²) in [5.41, 5.74) is 1.26. The molecule has 1 fully saturated rings. The molecule has 0 unspecified atom stereocenters. The number of halogens is 1. The van der Waals surface area contributed by atoms with E-state index in [1.807, 2.05) is 14.1 Å². The van der Waals surface area contributed by atoms with Gasteiger partial charge in [0.05, 0.1) is 38.8 Å². The van der Waals surface area contributed by atoms with Crippen molar-refractivity contribution in [3.05, 3.63) is 70.5 Å². The number of aliphatic hydroxyl groups is 1. The Bertz CT molecular complexity index is 879. The number of rotatable bonds is 5. The minimum atomic E-state index is -0.682. The fourth-order valence-electron chi connectivity index (χ4n) is 3.11. The summed E-state index contributed by atoms with van der Waals surface area (Å²) in [7, 11) is 3.96. The van der Waals surface area contributed by atoms with E-state index < -0.39 is 17.7 Å².